The third-order valence-corrected chi connectivity index (χ3v) is 4.85. The maximum absolute atomic E-state index is 12.3. The molecule has 9 heteroatoms. The van der Waals surface area contributed by atoms with E-state index in [-0.39, 0.29) is 4.91 Å². The van der Waals surface area contributed by atoms with Crippen molar-refractivity contribution in [2.45, 2.75) is 0 Å². The van der Waals surface area contributed by atoms with Crippen molar-refractivity contribution in [1.29, 1.82) is 0 Å². The predicted octanol–water partition coefficient (Wildman–Crippen LogP) is 2.52. The van der Waals surface area contributed by atoms with Gasteiger partial charge in [-0.25, -0.2) is 0 Å². The highest BCUT2D eigenvalue weighted by Crippen LogP contribution is 2.36. The van der Waals surface area contributed by atoms with E-state index in [4.69, 9.17) is 9.47 Å². The highest BCUT2D eigenvalue weighted by atomic mass is 127. The number of nitrogens with zero attached hydrogens (tertiary/aromatic N) is 1. The highest BCUT2D eigenvalue weighted by Gasteiger charge is 2.36. The van der Waals surface area contributed by atoms with E-state index in [1.807, 2.05) is 0 Å². The summed E-state index contributed by atoms with van der Waals surface area (Å²) in [6.07, 6.45) is 1.58. The second kappa shape index (κ2) is 7.88. The number of halogens is 1. The van der Waals surface area contributed by atoms with Gasteiger partial charge in [0.25, 0.3) is 11.1 Å². The van der Waals surface area contributed by atoms with Crippen LogP contribution in [-0.4, -0.2) is 49.9 Å². The average Bonchev–Trinajstić information content (AvgIpc) is 2.81. The molecule has 1 aromatic carbocycles. The van der Waals surface area contributed by atoms with E-state index in [2.05, 4.69) is 27.3 Å². The van der Waals surface area contributed by atoms with Crippen molar-refractivity contribution in [3.8, 4) is 11.5 Å². The summed E-state index contributed by atoms with van der Waals surface area (Å²) in [6.45, 7) is -0.401. The lowest BCUT2D eigenvalue weighted by molar-refractivity contribution is -0.143. The number of carbonyl (C=O) groups is 3. The van der Waals surface area contributed by atoms with Crippen LogP contribution in [0.15, 0.2) is 17.0 Å². The summed E-state index contributed by atoms with van der Waals surface area (Å²) in [5.74, 6) is -0.0714. The van der Waals surface area contributed by atoms with Gasteiger partial charge < -0.3 is 14.2 Å². The van der Waals surface area contributed by atoms with Crippen LogP contribution in [0.4, 0.5) is 4.79 Å². The SMILES string of the molecule is COC(=O)CN1C(=O)S/C(=C/c2cc(I)c(OC)c(OC)c2)C1=O. The number of ether oxygens (including phenoxy) is 3. The molecular formula is C15H14INO6S. The third-order valence-electron chi connectivity index (χ3n) is 3.14. The minimum absolute atomic E-state index is 0.229. The fraction of sp³-hybridized carbons (Fsp3) is 0.267. The molecule has 2 rings (SSSR count). The first-order valence-corrected chi connectivity index (χ1v) is 8.54. The second-order valence-electron chi connectivity index (χ2n) is 4.58. The van der Waals surface area contributed by atoms with Crippen LogP contribution in [0.5, 0.6) is 11.5 Å². The van der Waals surface area contributed by atoms with Crippen molar-refractivity contribution in [3.05, 3.63) is 26.2 Å². The minimum Gasteiger partial charge on any atom is -0.493 e. The van der Waals surface area contributed by atoms with Gasteiger partial charge in [-0.15, -0.1) is 0 Å². The lowest BCUT2D eigenvalue weighted by Gasteiger charge is -2.11. The lowest BCUT2D eigenvalue weighted by Crippen LogP contribution is -2.34. The molecule has 1 fully saturated rings. The van der Waals surface area contributed by atoms with Gasteiger partial charge in [-0.3, -0.25) is 19.3 Å². The fourth-order valence-electron chi connectivity index (χ4n) is 2.00. The summed E-state index contributed by atoms with van der Waals surface area (Å²) >= 11 is 2.87. The number of hydrogen-bond acceptors (Lipinski definition) is 7. The molecule has 0 unspecified atom stereocenters. The Bertz CT molecular complexity index is 733. The number of carbonyl (C=O) groups excluding carboxylic acids is 3. The number of thioether (sulfide) groups is 1. The molecule has 0 N–H and O–H groups in total. The van der Waals surface area contributed by atoms with Crippen LogP contribution >= 0.6 is 34.4 Å². The molecule has 1 aliphatic rings. The first kappa shape index (κ1) is 18.6. The zero-order valence-corrected chi connectivity index (χ0v) is 16.1. The van der Waals surface area contributed by atoms with Crippen molar-refractivity contribution >= 4 is 57.5 Å². The highest BCUT2D eigenvalue weighted by molar-refractivity contribution is 14.1. The van der Waals surface area contributed by atoms with E-state index in [9.17, 15) is 14.4 Å². The van der Waals surface area contributed by atoms with Crippen LogP contribution in [0.2, 0.25) is 0 Å². The van der Waals surface area contributed by atoms with E-state index in [1.54, 1.807) is 18.2 Å². The van der Waals surface area contributed by atoms with Gasteiger partial charge in [0, 0.05) is 0 Å². The summed E-state index contributed by atoms with van der Waals surface area (Å²) in [4.78, 5) is 36.6. The zero-order chi connectivity index (χ0) is 17.9. The number of amides is 2. The van der Waals surface area contributed by atoms with Gasteiger partial charge in [0.05, 0.1) is 29.8 Å². The molecule has 0 bridgehead atoms. The summed E-state index contributed by atoms with van der Waals surface area (Å²) < 4.78 is 15.8. The Morgan fingerprint density at radius 2 is 1.96 bits per heavy atom. The monoisotopic (exact) mass is 463 g/mol. The van der Waals surface area contributed by atoms with Crippen LogP contribution < -0.4 is 9.47 Å². The number of benzene rings is 1. The van der Waals surface area contributed by atoms with Crippen LogP contribution in [0.1, 0.15) is 5.56 Å². The molecule has 0 radical (unpaired) electrons. The number of hydrogen-bond donors (Lipinski definition) is 0. The molecule has 0 spiro atoms. The Morgan fingerprint density at radius 3 is 2.54 bits per heavy atom. The Kier molecular flexibility index (Phi) is 6.10. The molecule has 0 saturated carbocycles. The maximum atomic E-state index is 12.3. The molecular weight excluding hydrogens is 449 g/mol. The summed E-state index contributed by atoms with van der Waals surface area (Å²) in [5, 5.41) is -0.508. The van der Waals surface area contributed by atoms with E-state index in [1.165, 1.54) is 21.3 Å². The zero-order valence-electron chi connectivity index (χ0n) is 13.1. The third kappa shape index (κ3) is 3.83. The smallest absolute Gasteiger partial charge is 0.325 e. The largest absolute Gasteiger partial charge is 0.493 e. The Balaban J connectivity index is 2.32. The van der Waals surface area contributed by atoms with Crippen LogP contribution in [0, 0.1) is 3.57 Å². The standard InChI is InChI=1S/C15H14INO6S/c1-21-10-5-8(4-9(16)13(10)23-3)6-11-14(19)17(15(20)24-11)7-12(18)22-2/h4-6H,7H2,1-3H3/b11-6+. The minimum atomic E-state index is -0.654. The van der Waals surface area contributed by atoms with E-state index in [0.29, 0.717) is 17.1 Å². The van der Waals surface area contributed by atoms with Crippen molar-refractivity contribution < 1.29 is 28.6 Å². The molecule has 128 valence electrons. The Hall–Kier alpha value is -1.75. The molecule has 1 aliphatic heterocycles. The number of rotatable bonds is 5. The van der Waals surface area contributed by atoms with Crippen LogP contribution in [0.25, 0.3) is 6.08 Å². The summed E-state index contributed by atoms with van der Waals surface area (Å²) in [6, 6.07) is 3.51. The number of esters is 1. The summed E-state index contributed by atoms with van der Waals surface area (Å²) in [7, 11) is 4.25. The van der Waals surface area contributed by atoms with Gasteiger partial charge in [-0.1, -0.05) is 0 Å². The quantitative estimate of drug-likeness (QED) is 0.377. The van der Waals surface area contributed by atoms with Gasteiger partial charge >= 0.3 is 5.97 Å². The fourth-order valence-corrected chi connectivity index (χ4v) is 3.69. The molecule has 0 atom stereocenters. The van der Waals surface area contributed by atoms with Crippen molar-refractivity contribution in [2.75, 3.05) is 27.9 Å². The molecule has 24 heavy (non-hydrogen) atoms. The van der Waals surface area contributed by atoms with Crippen molar-refractivity contribution in [1.82, 2.24) is 4.90 Å². The molecule has 1 heterocycles. The van der Waals surface area contributed by atoms with Crippen molar-refractivity contribution in [2.24, 2.45) is 0 Å². The molecule has 0 aliphatic carbocycles. The molecule has 7 nitrogen and oxygen atoms in total. The van der Waals surface area contributed by atoms with E-state index in [0.717, 1.165) is 20.2 Å². The van der Waals surface area contributed by atoms with Gasteiger partial charge in [-0.05, 0) is 58.1 Å². The maximum Gasteiger partial charge on any atom is 0.325 e. The predicted molar refractivity (Wildman–Crippen MR) is 97.0 cm³/mol. The van der Waals surface area contributed by atoms with E-state index < -0.39 is 23.7 Å². The Morgan fingerprint density at radius 1 is 1.25 bits per heavy atom. The van der Waals surface area contributed by atoms with Crippen molar-refractivity contribution in [3.63, 3.8) is 0 Å². The van der Waals surface area contributed by atoms with Gasteiger partial charge in [0.2, 0.25) is 0 Å². The summed E-state index contributed by atoms with van der Waals surface area (Å²) in [5.41, 5.74) is 0.681. The normalized spacial score (nSPS) is 15.8. The van der Waals surface area contributed by atoms with Gasteiger partial charge in [-0.2, -0.15) is 0 Å². The van der Waals surface area contributed by atoms with E-state index >= 15 is 0 Å². The van der Waals surface area contributed by atoms with Crippen LogP contribution in [0.3, 0.4) is 0 Å². The topological polar surface area (TPSA) is 82.1 Å². The first-order valence-electron chi connectivity index (χ1n) is 6.65. The second-order valence-corrected chi connectivity index (χ2v) is 6.74. The molecule has 2 amide bonds. The average molecular weight is 463 g/mol. The molecule has 0 aromatic heterocycles. The van der Waals surface area contributed by atoms with Crippen LogP contribution in [-0.2, 0) is 14.3 Å². The number of methoxy groups -OCH3 is 3. The van der Waals surface area contributed by atoms with Gasteiger partial charge in [0.1, 0.15) is 6.54 Å². The molecule has 1 saturated heterocycles. The Labute approximate surface area is 156 Å². The lowest BCUT2D eigenvalue weighted by atomic mass is 10.2. The number of imide groups is 1. The van der Waals surface area contributed by atoms with Gasteiger partial charge in [0.15, 0.2) is 11.5 Å². The first-order chi connectivity index (χ1) is 11.4. The molecule has 1 aromatic rings.